The van der Waals surface area contributed by atoms with E-state index in [4.69, 9.17) is 9.47 Å². The van der Waals surface area contributed by atoms with Crippen LogP contribution in [0.3, 0.4) is 0 Å². The van der Waals surface area contributed by atoms with E-state index in [0.717, 1.165) is 17.7 Å². The molecule has 30 heavy (non-hydrogen) atoms. The van der Waals surface area contributed by atoms with Crippen molar-refractivity contribution in [2.75, 3.05) is 20.8 Å². The molecule has 0 fully saturated rings. The number of aromatic nitrogens is 3. The largest absolute Gasteiger partial charge is 0.496 e. The van der Waals surface area contributed by atoms with Gasteiger partial charge in [-0.05, 0) is 30.7 Å². The Bertz CT molecular complexity index is 1320. The van der Waals surface area contributed by atoms with E-state index in [1.165, 1.54) is 0 Å². The van der Waals surface area contributed by atoms with E-state index in [1.807, 2.05) is 30.3 Å². The summed E-state index contributed by atoms with van der Waals surface area (Å²) in [6.45, 7) is 1.49. The second-order valence-corrected chi connectivity index (χ2v) is 7.08. The molecule has 3 heterocycles. The number of ether oxygens (including phenoxy) is 2. The van der Waals surface area contributed by atoms with Crippen LogP contribution in [-0.4, -0.2) is 34.9 Å². The minimum Gasteiger partial charge on any atom is -0.496 e. The van der Waals surface area contributed by atoms with Crippen LogP contribution in [0.15, 0.2) is 64.4 Å². The van der Waals surface area contributed by atoms with E-state index in [0.29, 0.717) is 41.5 Å². The third kappa shape index (κ3) is 3.71. The van der Waals surface area contributed by atoms with Gasteiger partial charge in [-0.1, -0.05) is 18.2 Å². The van der Waals surface area contributed by atoms with Gasteiger partial charge in [0.1, 0.15) is 5.75 Å². The van der Waals surface area contributed by atoms with Gasteiger partial charge in [0, 0.05) is 38.2 Å². The van der Waals surface area contributed by atoms with Crippen molar-refractivity contribution in [3.63, 3.8) is 0 Å². The highest BCUT2D eigenvalue weighted by Crippen LogP contribution is 2.19. The first kappa shape index (κ1) is 19.8. The van der Waals surface area contributed by atoms with Crippen LogP contribution >= 0.6 is 0 Å². The van der Waals surface area contributed by atoms with Crippen molar-refractivity contribution in [2.45, 2.75) is 19.5 Å². The number of hydrogen-bond acceptors (Lipinski definition) is 5. The summed E-state index contributed by atoms with van der Waals surface area (Å²) in [5, 5.41) is 0.862. The van der Waals surface area contributed by atoms with Gasteiger partial charge in [-0.15, -0.1) is 0 Å². The van der Waals surface area contributed by atoms with Crippen LogP contribution in [0.25, 0.3) is 21.8 Å². The number of hydrogen-bond donors (Lipinski definition) is 0. The standard InChI is InChI=1S/C23H23N3O4/c1-29-13-5-10-25-11-8-19-17(22(25)27)14-18-20(24-19)9-12-26(23(18)28)15-16-6-3-4-7-21(16)30-2/h3-4,6-9,11-12,14H,5,10,13,15H2,1-2H3. The van der Waals surface area contributed by atoms with Gasteiger partial charge in [-0.25, -0.2) is 4.98 Å². The van der Waals surface area contributed by atoms with Crippen molar-refractivity contribution in [3.8, 4) is 5.75 Å². The second-order valence-electron chi connectivity index (χ2n) is 7.08. The Hall–Kier alpha value is -3.45. The Morgan fingerprint density at radius 2 is 1.57 bits per heavy atom. The molecule has 0 aliphatic heterocycles. The monoisotopic (exact) mass is 405 g/mol. The first-order valence-corrected chi connectivity index (χ1v) is 9.76. The van der Waals surface area contributed by atoms with E-state index in [1.54, 1.807) is 47.9 Å². The number of benzene rings is 1. The van der Waals surface area contributed by atoms with Crippen molar-refractivity contribution >= 4 is 21.8 Å². The van der Waals surface area contributed by atoms with Crippen LogP contribution in [0, 0.1) is 0 Å². The lowest BCUT2D eigenvalue weighted by Gasteiger charge is -2.11. The van der Waals surface area contributed by atoms with Gasteiger partial charge in [0.25, 0.3) is 11.1 Å². The van der Waals surface area contributed by atoms with Crippen LogP contribution in [0.5, 0.6) is 5.75 Å². The normalized spacial score (nSPS) is 11.3. The number of methoxy groups -OCH3 is 2. The predicted octanol–water partition coefficient (Wildman–Crippen LogP) is 2.80. The Morgan fingerprint density at radius 1 is 0.900 bits per heavy atom. The summed E-state index contributed by atoms with van der Waals surface area (Å²) < 4.78 is 13.7. The van der Waals surface area contributed by atoms with Gasteiger partial charge in [0.15, 0.2) is 0 Å². The molecule has 0 radical (unpaired) electrons. The summed E-state index contributed by atoms with van der Waals surface area (Å²) in [7, 11) is 3.24. The molecule has 3 aromatic heterocycles. The zero-order valence-electron chi connectivity index (χ0n) is 17.0. The highest BCUT2D eigenvalue weighted by atomic mass is 16.5. The van der Waals surface area contributed by atoms with Crippen molar-refractivity contribution < 1.29 is 9.47 Å². The minimum absolute atomic E-state index is 0.155. The number of para-hydroxylation sites is 1. The Kier molecular flexibility index (Phi) is 5.63. The van der Waals surface area contributed by atoms with Crippen LogP contribution in [0.1, 0.15) is 12.0 Å². The van der Waals surface area contributed by atoms with Crippen LogP contribution in [0.4, 0.5) is 0 Å². The predicted molar refractivity (Wildman–Crippen MR) is 116 cm³/mol. The summed E-state index contributed by atoms with van der Waals surface area (Å²) in [5.74, 6) is 0.722. The van der Waals surface area contributed by atoms with E-state index in [9.17, 15) is 9.59 Å². The molecule has 0 bridgehead atoms. The van der Waals surface area contributed by atoms with E-state index < -0.39 is 0 Å². The lowest BCUT2D eigenvalue weighted by atomic mass is 10.1. The summed E-state index contributed by atoms with van der Waals surface area (Å²) in [5.41, 5.74) is 1.70. The van der Waals surface area contributed by atoms with Crippen molar-refractivity contribution in [1.29, 1.82) is 0 Å². The molecule has 0 saturated heterocycles. The third-order valence-electron chi connectivity index (χ3n) is 5.17. The lowest BCUT2D eigenvalue weighted by Crippen LogP contribution is -2.23. The van der Waals surface area contributed by atoms with Crippen LogP contribution in [-0.2, 0) is 17.8 Å². The SMILES string of the molecule is COCCCn1ccc2nc3ccn(Cc4ccccc4OC)c(=O)c3cc2c1=O. The molecular weight excluding hydrogens is 382 g/mol. The lowest BCUT2D eigenvalue weighted by molar-refractivity contribution is 0.190. The Balaban J connectivity index is 1.79. The smallest absolute Gasteiger partial charge is 0.260 e. The third-order valence-corrected chi connectivity index (χ3v) is 5.17. The van der Waals surface area contributed by atoms with E-state index >= 15 is 0 Å². The van der Waals surface area contributed by atoms with Crippen molar-refractivity contribution in [3.05, 3.63) is 81.1 Å². The maximum Gasteiger partial charge on any atom is 0.260 e. The first-order chi connectivity index (χ1) is 14.6. The molecule has 0 N–H and O–H groups in total. The zero-order chi connectivity index (χ0) is 21.1. The molecule has 0 amide bonds. The number of fused-ring (bicyclic) bond motifs is 2. The minimum atomic E-state index is -0.193. The molecule has 0 unspecified atom stereocenters. The highest BCUT2D eigenvalue weighted by molar-refractivity contribution is 5.91. The van der Waals surface area contributed by atoms with Gasteiger partial charge < -0.3 is 18.6 Å². The zero-order valence-corrected chi connectivity index (χ0v) is 17.0. The summed E-state index contributed by atoms with van der Waals surface area (Å²) >= 11 is 0. The molecule has 4 aromatic rings. The van der Waals surface area contributed by atoms with Gasteiger partial charge in [-0.2, -0.15) is 0 Å². The molecule has 0 spiro atoms. The molecule has 0 saturated carbocycles. The Labute approximate surface area is 173 Å². The van der Waals surface area contributed by atoms with Crippen molar-refractivity contribution in [1.82, 2.24) is 14.1 Å². The molecule has 1 aromatic carbocycles. The molecule has 7 nitrogen and oxygen atoms in total. The summed E-state index contributed by atoms with van der Waals surface area (Å²) in [6, 6.07) is 12.9. The van der Waals surface area contributed by atoms with Gasteiger partial charge in [0.2, 0.25) is 0 Å². The number of pyridine rings is 3. The average Bonchev–Trinajstić information content (AvgIpc) is 2.77. The molecule has 0 aliphatic rings. The molecule has 7 heteroatoms. The fraction of sp³-hybridized carbons (Fsp3) is 0.261. The van der Waals surface area contributed by atoms with Gasteiger partial charge in [-0.3, -0.25) is 9.59 Å². The second kappa shape index (κ2) is 8.51. The Morgan fingerprint density at radius 3 is 2.27 bits per heavy atom. The summed E-state index contributed by atoms with van der Waals surface area (Å²) in [4.78, 5) is 30.6. The molecular formula is C23H23N3O4. The average molecular weight is 405 g/mol. The van der Waals surface area contributed by atoms with Crippen molar-refractivity contribution in [2.24, 2.45) is 0 Å². The molecule has 0 aliphatic carbocycles. The van der Waals surface area contributed by atoms with Crippen LogP contribution < -0.4 is 15.9 Å². The van der Waals surface area contributed by atoms with Gasteiger partial charge >= 0.3 is 0 Å². The fourth-order valence-corrected chi connectivity index (χ4v) is 3.60. The van der Waals surface area contributed by atoms with Gasteiger partial charge in [0.05, 0.1) is 35.5 Å². The van der Waals surface area contributed by atoms with Crippen LogP contribution in [0.2, 0.25) is 0 Å². The topological polar surface area (TPSA) is 75.3 Å². The maximum atomic E-state index is 13.1. The number of aryl methyl sites for hydroxylation is 1. The quantitative estimate of drug-likeness (QED) is 0.349. The number of rotatable bonds is 7. The molecule has 4 rings (SSSR count). The summed E-state index contributed by atoms with van der Waals surface area (Å²) in [6.07, 6.45) is 4.19. The molecule has 154 valence electrons. The van der Waals surface area contributed by atoms with E-state index in [-0.39, 0.29) is 11.1 Å². The first-order valence-electron chi connectivity index (χ1n) is 9.76. The maximum absolute atomic E-state index is 13.1. The fourth-order valence-electron chi connectivity index (χ4n) is 3.60. The molecule has 0 atom stereocenters. The van der Waals surface area contributed by atoms with E-state index in [2.05, 4.69) is 4.98 Å². The number of nitrogens with zero attached hydrogens (tertiary/aromatic N) is 3. The highest BCUT2D eigenvalue weighted by Gasteiger charge is 2.11.